The minimum atomic E-state index is -3.28. The van der Waals surface area contributed by atoms with E-state index in [1.165, 1.54) is 27.1 Å². The maximum Gasteiger partial charge on any atom is 0.419 e. The Morgan fingerprint density at radius 1 is 1.41 bits per heavy atom. The van der Waals surface area contributed by atoms with E-state index in [1.54, 1.807) is 0 Å². The van der Waals surface area contributed by atoms with E-state index in [-0.39, 0.29) is 42.7 Å². The van der Waals surface area contributed by atoms with E-state index in [1.807, 2.05) is 0 Å². The average molecular weight is 426 g/mol. The second-order valence-corrected chi connectivity index (χ2v) is 9.04. The summed E-state index contributed by atoms with van der Waals surface area (Å²) in [6, 6.07) is 3.69. The standard InChI is InChI=1S/C17H22N4O7S/c1-29(26,27)19-8-2-4-12(11-19)18-16(22)5-3-9-20-14-7-6-13(21(24)25)10-15(14)28-17(20)23/h6-7,10,12H,2-5,8-9,11H2,1H3,(H,18,22). The number of sulfonamides is 1. The molecule has 29 heavy (non-hydrogen) atoms. The van der Waals surface area contributed by atoms with E-state index in [0.717, 1.165) is 6.26 Å². The summed E-state index contributed by atoms with van der Waals surface area (Å²) in [6.07, 6.45) is 3.06. The lowest BCUT2D eigenvalue weighted by atomic mass is 10.1. The van der Waals surface area contributed by atoms with Gasteiger partial charge >= 0.3 is 5.76 Å². The van der Waals surface area contributed by atoms with E-state index in [9.17, 15) is 28.1 Å². The number of benzene rings is 1. The minimum Gasteiger partial charge on any atom is -0.407 e. The SMILES string of the molecule is CS(=O)(=O)N1CCCC(NC(=O)CCCn2c(=O)oc3cc([N+](=O)[O-])ccc32)C1. The molecular formula is C17H22N4O7S. The molecule has 1 fully saturated rings. The van der Waals surface area contributed by atoms with Crippen LogP contribution in [0.15, 0.2) is 27.4 Å². The second-order valence-electron chi connectivity index (χ2n) is 7.06. The van der Waals surface area contributed by atoms with Crippen LogP contribution in [0.4, 0.5) is 5.69 Å². The number of amides is 1. The molecule has 1 unspecified atom stereocenters. The number of oxazole rings is 1. The number of nitrogens with zero attached hydrogens (tertiary/aromatic N) is 3. The zero-order valence-electron chi connectivity index (χ0n) is 15.9. The fourth-order valence-corrected chi connectivity index (χ4v) is 4.35. The van der Waals surface area contributed by atoms with Gasteiger partial charge < -0.3 is 9.73 Å². The van der Waals surface area contributed by atoms with Crippen molar-refractivity contribution in [1.29, 1.82) is 0 Å². The largest absolute Gasteiger partial charge is 0.419 e. The Hall–Kier alpha value is -2.73. The highest BCUT2D eigenvalue weighted by Gasteiger charge is 2.26. The van der Waals surface area contributed by atoms with Gasteiger partial charge in [-0.15, -0.1) is 0 Å². The number of carbonyl (C=O) groups excluding carboxylic acids is 1. The molecule has 1 atom stereocenters. The van der Waals surface area contributed by atoms with Gasteiger partial charge in [0.05, 0.1) is 22.8 Å². The summed E-state index contributed by atoms with van der Waals surface area (Å²) in [5, 5.41) is 13.7. The number of hydrogen-bond donors (Lipinski definition) is 1. The smallest absolute Gasteiger partial charge is 0.407 e. The molecule has 0 saturated carbocycles. The van der Waals surface area contributed by atoms with Crippen LogP contribution in [0.2, 0.25) is 0 Å². The third kappa shape index (κ3) is 5.01. The molecule has 11 nitrogen and oxygen atoms in total. The van der Waals surface area contributed by atoms with E-state index >= 15 is 0 Å². The number of aryl methyl sites for hydroxylation is 1. The number of nitro benzene ring substituents is 1. The molecule has 0 radical (unpaired) electrons. The number of nitrogens with one attached hydrogen (secondary N) is 1. The first-order valence-corrected chi connectivity index (χ1v) is 11.0. The first-order valence-electron chi connectivity index (χ1n) is 9.17. The van der Waals surface area contributed by atoms with Crippen LogP contribution < -0.4 is 11.1 Å². The van der Waals surface area contributed by atoms with Gasteiger partial charge in [-0.1, -0.05) is 0 Å². The van der Waals surface area contributed by atoms with Crippen molar-refractivity contribution in [1.82, 2.24) is 14.2 Å². The summed E-state index contributed by atoms with van der Waals surface area (Å²) in [5.74, 6) is -0.862. The molecule has 3 rings (SSSR count). The van der Waals surface area contributed by atoms with Crippen LogP contribution in [0.1, 0.15) is 25.7 Å². The van der Waals surface area contributed by atoms with E-state index in [4.69, 9.17) is 4.42 Å². The number of rotatable bonds is 7. The predicted molar refractivity (Wildman–Crippen MR) is 104 cm³/mol. The lowest BCUT2D eigenvalue weighted by molar-refractivity contribution is -0.384. The number of aromatic nitrogens is 1. The fraction of sp³-hybridized carbons (Fsp3) is 0.529. The molecule has 1 aromatic heterocycles. The van der Waals surface area contributed by atoms with Gasteiger partial charge in [-0.3, -0.25) is 19.5 Å². The zero-order chi connectivity index (χ0) is 21.2. The third-order valence-electron chi connectivity index (χ3n) is 4.87. The monoisotopic (exact) mass is 426 g/mol. The Balaban J connectivity index is 1.56. The minimum absolute atomic E-state index is 0.122. The van der Waals surface area contributed by atoms with Gasteiger partial charge in [0.1, 0.15) is 0 Å². The summed E-state index contributed by atoms with van der Waals surface area (Å²) < 4.78 is 31.0. The number of piperidine rings is 1. The van der Waals surface area contributed by atoms with Crippen LogP contribution in [0.3, 0.4) is 0 Å². The van der Waals surface area contributed by atoms with Gasteiger partial charge in [0.25, 0.3) is 5.69 Å². The molecule has 1 aromatic carbocycles. The van der Waals surface area contributed by atoms with Crippen molar-refractivity contribution >= 4 is 32.7 Å². The fourth-order valence-electron chi connectivity index (χ4n) is 3.44. The van der Waals surface area contributed by atoms with Crippen molar-refractivity contribution in [2.75, 3.05) is 19.3 Å². The molecule has 0 spiro atoms. The predicted octanol–water partition coefficient (Wildman–Crippen LogP) is 0.823. The number of fused-ring (bicyclic) bond motifs is 1. The summed E-state index contributed by atoms with van der Waals surface area (Å²) in [4.78, 5) is 34.5. The normalized spacial score (nSPS) is 18.0. The average Bonchev–Trinajstić information content (AvgIpc) is 2.96. The number of hydrogen-bond acceptors (Lipinski definition) is 7. The van der Waals surface area contributed by atoms with E-state index < -0.39 is 20.7 Å². The summed E-state index contributed by atoms with van der Waals surface area (Å²) >= 11 is 0. The molecule has 12 heteroatoms. The first-order chi connectivity index (χ1) is 13.6. The molecule has 1 amide bonds. The molecule has 158 valence electrons. The van der Waals surface area contributed by atoms with Crippen LogP contribution >= 0.6 is 0 Å². The van der Waals surface area contributed by atoms with Crippen molar-refractivity contribution in [3.05, 3.63) is 38.9 Å². The number of nitro groups is 1. The number of carbonyl (C=O) groups is 1. The van der Waals surface area contributed by atoms with E-state index in [0.29, 0.717) is 31.3 Å². The molecule has 1 saturated heterocycles. The number of non-ortho nitro benzene ring substituents is 1. The van der Waals surface area contributed by atoms with E-state index in [2.05, 4.69) is 5.32 Å². The van der Waals surface area contributed by atoms with Gasteiger partial charge in [-0.2, -0.15) is 0 Å². The zero-order valence-corrected chi connectivity index (χ0v) is 16.7. The lowest BCUT2D eigenvalue weighted by Crippen LogP contribution is -2.49. The van der Waals surface area contributed by atoms with Crippen LogP contribution in [0, 0.1) is 10.1 Å². The molecule has 1 aliphatic rings. The molecular weight excluding hydrogens is 404 g/mol. The molecule has 2 heterocycles. The highest BCUT2D eigenvalue weighted by atomic mass is 32.2. The Morgan fingerprint density at radius 3 is 2.86 bits per heavy atom. The van der Waals surface area contributed by atoms with Gasteiger partial charge in [0.2, 0.25) is 15.9 Å². The van der Waals surface area contributed by atoms with Crippen molar-refractivity contribution in [3.63, 3.8) is 0 Å². The Morgan fingerprint density at radius 2 is 2.17 bits per heavy atom. The first kappa shape index (κ1) is 21.0. The third-order valence-corrected chi connectivity index (χ3v) is 6.14. The molecule has 0 bridgehead atoms. The quantitative estimate of drug-likeness (QED) is 0.510. The van der Waals surface area contributed by atoms with Crippen LogP contribution in [0.5, 0.6) is 0 Å². The topological polar surface area (TPSA) is 145 Å². The van der Waals surface area contributed by atoms with Gasteiger partial charge in [-0.25, -0.2) is 17.5 Å². The van der Waals surface area contributed by atoms with Gasteiger partial charge in [0, 0.05) is 38.2 Å². The van der Waals surface area contributed by atoms with Gasteiger partial charge in [0.15, 0.2) is 5.58 Å². The van der Waals surface area contributed by atoms with Crippen molar-refractivity contribution in [2.45, 2.75) is 38.3 Å². The summed E-state index contributed by atoms with van der Waals surface area (Å²) in [7, 11) is -3.28. The van der Waals surface area contributed by atoms with Crippen molar-refractivity contribution < 1.29 is 22.6 Å². The Kier molecular flexibility index (Phi) is 6.03. The van der Waals surface area contributed by atoms with Crippen molar-refractivity contribution in [2.24, 2.45) is 0 Å². The second kappa shape index (κ2) is 8.33. The van der Waals surface area contributed by atoms with Crippen molar-refractivity contribution in [3.8, 4) is 0 Å². The summed E-state index contributed by atoms with van der Waals surface area (Å²) in [6.45, 7) is 0.937. The van der Waals surface area contributed by atoms with Crippen LogP contribution in [0.25, 0.3) is 11.1 Å². The Labute approximate surface area is 166 Å². The van der Waals surface area contributed by atoms with Crippen LogP contribution in [-0.2, 0) is 21.4 Å². The molecule has 2 aromatic rings. The molecule has 1 N–H and O–H groups in total. The molecule has 0 aliphatic carbocycles. The Bertz CT molecular complexity index is 1090. The molecule has 1 aliphatic heterocycles. The van der Waals surface area contributed by atoms with Gasteiger partial charge in [-0.05, 0) is 25.3 Å². The highest BCUT2D eigenvalue weighted by molar-refractivity contribution is 7.88. The maximum absolute atomic E-state index is 12.2. The van der Waals surface area contributed by atoms with Crippen LogP contribution in [-0.4, -0.2) is 53.5 Å². The highest BCUT2D eigenvalue weighted by Crippen LogP contribution is 2.20. The lowest BCUT2D eigenvalue weighted by Gasteiger charge is -2.31. The maximum atomic E-state index is 12.2. The summed E-state index contributed by atoms with van der Waals surface area (Å²) in [5.41, 5.74) is 0.377.